The molecule has 1 aliphatic rings. The zero-order valence-electron chi connectivity index (χ0n) is 16.6. The fourth-order valence-electron chi connectivity index (χ4n) is 2.91. The second kappa shape index (κ2) is 11.2. The first-order valence-electron chi connectivity index (χ1n) is 9.45. The van der Waals surface area contributed by atoms with Crippen LogP contribution in [0.4, 0.5) is 22.4 Å². The van der Waals surface area contributed by atoms with Crippen LogP contribution in [0.2, 0.25) is 0 Å². The summed E-state index contributed by atoms with van der Waals surface area (Å²) in [5.41, 5.74) is -0.219. The number of carbonyl (C=O) groups is 3. The van der Waals surface area contributed by atoms with E-state index in [0.29, 0.717) is 17.9 Å². The topological polar surface area (TPSA) is 95.9 Å². The molecule has 0 radical (unpaired) electrons. The van der Waals surface area contributed by atoms with Crippen molar-refractivity contribution in [2.45, 2.75) is 43.8 Å². The number of carboxylic acids is 1. The summed E-state index contributed by atoms with van der Waals surface area (Å²) in [5, 5.41) is 10.4. The Balaban J connectivity index is 2.13. The second-order valence-electron chi connectivity index (χ2n) is 6.89. The SMILES string of the molecule is CC(F)CCOC(=O)NC(CCc1cc(F)c(F)cc1F)C(=O)N1CCSC1C(=O)O. The number of rotatable bonds is 9. The van der Waals surface area contributed by atoms with Crippen LogP contribution < -0.4 is 5.32 Å². The molecule has 1 aromatic rings. The minimum Gasteiger partial charge on any atom is -0.479 e. The maximum atomic E-state index is 13.9. The predicted octanol–water partition coefficient (Wildman–Crippen LogP) is 2.87. The molecule has 0 bridgehead atoms. The zero-order chi connectivity index (χ0) is 23.1. The van der Waals surface area contributed by atoms with Crippen LogP contribution >= 0.6 is 11.8 Å². The molecule has 1 saturated heterocycles. The van der Waals surface area contributed by atoms with Crippen molar-refractivity contribution in [1.29, 1.82) is 0 Å². The largest absolute Gasteiger partial charge is 0.479 e. The number of hydrogen-bond donors (Lipinski definition) is 2. The maximum absolute atomic E-state index is 13.9. The van der Waals surface area contributed by atoms with Crippen LogP contribution in [0.1, 0.15) is 25.3 Å². The van der Waals surface area contributed by atoms with Crippen LogP contribution in [-0.2, 0) is 20.7 Å². The Kier molecular flexibility index (Phi) is 8.96. The van der Waals surface area contributed by atoms with Gasteiger partial charge in [0.05, 0.1) is 6.61 Å². The Labute approximate surface area is 180 Å². The average Bonchev–Trinajstić information content (AvgIpc) is 3.18. The van der Waals surface area contributed by atoms with Gasteiger partial charge in [-0.1, -0.05) is 0 Å². The van der Waals surface area contributed by atoms with Gasteiger partial charge in [-0.15, -0.1) is 11.8 Å². The van der Waals surface area contributed by atoms with Gasteiger partial charge in [-0.05, 0) is 31.4 Å². The van der Waals surface area contributed by atoms with Gasteiger partial charge in [0, 0.05) is 24.8 Å². The van der Waals surface area contributed by atoms with Crippen molar-refractivity contribution in [3.05, 3.63) is 35.1 Å². The molecule has 2 rings (SSSR count). The Bertz CT molecular complexity index is 827. The third-order valence-corrected chi connectivity index (χ3v) is 5.71. The van der Waals surface area contributed by atoms with Crippen molar-refractivity contribution in [1.82, 2.24) is 10.2 Å². The summed E-state index contributed by atoms with van der Waals surface area (Å²) >= 11 is 1.03. The fourth-order valence-corrected chi connectivity index (χ4v) is 3.97. The highest BCUT2D eigenvalue weighted by molar-refractivity contribution is 8.00. The predicted molar refractivity (Wildman–Crippen MR) is 104 cm³/mol. The molecule has 0 spiro atoms. The number of nitrogens with zero attached hydrogens (tertiary/aromatic N) is 1. The molecule has 1 fully saturated rings. The summed E-state index contributed by atoms with van der Waals surface area (Å²) in [5.74, 6) is -5.27. The number of ether oxygens (including phenoxy) is 1. The normalized spacial score (nSPS) is 17.8. The lowest BCUT2D eigenvalue weighted by atomic mass is 10.0. The molecule has 2 amide bonds. The molecule has 172 valence electrons. The van der Waals surface area contributed by atoms with Gasteiger partial charge in [0.2, 0.25) is 5.91 Å². The molecule has 12 heteroatoms. The first-order chi connectivity index (χ1) is 14.6. The number of hydrogen-bond acceptors (Lipinski definition) is 5. The lowest BCUT2D eigenvalue weighted by Crippen LogP contribution is -2.51. The minimum atomic E-state index is -1.36. The van der Waals surface area contributed by atoms with Crippen molar-refractivity contribution < 1.29 is 41.8 Å². The Hall–Kier alpha value is -2.50. The molecule has 1 heterocycles. The number of thioether (sulfide) groups is 1. The molecule has 0 saturated carbocycles. The number of aliphatic carboxylic acids is 1. The Morgan fingerprint density at radius 1 is 1.23 bits per heavy atom. The molecule has 7 nitrogen and oxygen atoms in total. The number of carboxylic acid groups (broad SMARTS) is 1. The van der Waals surface area contributed by atoms with Crippen molar-refractivity contribution in [3.8, 4) is 0 Å². The number of amides is 2. The van der Waals surface area contributed by atoms with Crippen molar-refractivity contribution >= 4 is 29.7 Å². The smallest absolute Gasteiger partial charge is 0.407 e. The number of alkyl carbamates (subject to hydrolysis) is 1. The van der Waals surface area contributed by atoms with Crippen LogP contribution in [0.3, 0.4) is 0 Å². The molecule has 2 N–H and O–H groups in total. The monoisotopic (exact) mass is 466 g/mol. The number of halogens is 4. The summed E-state index contributed by atoms with van der Waals surface area (Å²) in [6.07, 6.45) is -2.79. The number of alkyl halides is 1. The molecule has 0 aromatic heterocycles. The maximum Gasteiger partial charge on any atom is 0.407 e. The number of aryl methyl sites for hydroxylation is 1. The second-order valence-corrected chi connectivity index (χ2v) is 8.08. The van der Waals surface area contributed by atoms with E-state index in [1.807, 2.05) is 0 Å². The highest BCUT2D eigenvalue weighted by Crippen LogP contribution is 2.25. The van der Waals surface area contributed by atoms with E-state index in [1.54, 1.807) is 0 Å². The molecular formula is C19H22F4N2O5S. The summed E-state index contributed by atoms with van der Waals surface area (Å²) in [7, 11) is 0. The van der Waals surface area contributed by atoms with Crippen LogP contribution in [0, 0.1) is 17.5 Å². The molecule has 31 heavy (non-hydrogen) atoms. The summed E-state index contributed by atoms with van der Waals surface area (Å²) in [4.78, 5) is 37.3. The molecule has 0 aliphatic carbocycles. The van der Waals surface area contributed by atoms with Crippen LogP contribution in [0.5, 0.6) is 0 Å². The number of benzene rings is 1. The van der Waals surface area contributed by atoms with Gasteiger partial charge in [-0.3, -0.25) is 4.79 Å². The zero-order valence-corrected chi connectivity index (χ0v) is 17.4. The highest BCUT2D eigenvalue weighted by atomic mass is 32.2. The number of nitrogens with one attached hydrogen (secondary N) is 1. The minimum absolute atomic E-state index is 0.0596. The molecule has 3 unspecified atom stereocenters. The summed E-state index contributed by atoms with van der Waals surface area (Å²) in [6.45, 7) is 1.15. The summed E-state index contributed by atoms with van der Waals surface area (Å²) in [6, 6.07) is -0.291. The van der Waals surface area contributed by atoms with E-state index in [4.69, 9.17) is 4.74 Å². The third-order valence-electron chi connectivity index (χ3n) is 4.52. The molecule has 1 aliphatic heterocycles. The van der Waals surface area contributed by atoms with Gasteiger partial charge in [-0.2, -0.15) is 0 Å². The Morgan fingerprint density at radius 3 is 2.55 bits per heavy atom. The quantitative estimate of drug-likeness (QED) is 0.429. The average molecular weight is 466 g/mol. The lowest BCUT2D eigenvalue weighted by Gasteiger charge is -2.26. The molecule has 1 aromatic carbocycles. The van der Waals surface area contributed by atoms with Gasteiger partial charge < -0.3 is 20.1 Å². The van der Waals surface area contributed by atoms with Crippen LogP contribution in [-0.4, -0.2) is 64.5 Å². The fraction of sp³-hybridized carbons (Fsp3) is 0.526. The molecular weight excluding hydrogens is 444 g/mol. The van der Waals surface area contributed by atoms with E-state index in [9.17, 15) is 37.1 Å². The molecule has 3 atom stereocenters. The van der Waals surface area contributed by atoms with Crippen molar-refractivity contribution in [2.24, 2.45) is 0 Å². The first kappa shape index (κ1) is 24.8. The van der Waals surface area contributed by atoms with Crippen molar-refractivity contribution in [2.75, 3.05) is 18.9 Å². The van der Waals surface area contributed by atoms with Crippen LogP contribution in [0.25, 0.3) is 0 Å². The van der Waals surface area contributed by atoms with E-state index >= 15 is 0 Å². The van der Waals surface area contributed by atoms with E-state index in [-0.39, 0.29) is 38.0 Å². The third kappa shape index (κ3) is 7.01. The van der Waals surface area contributed by atoms with Gasteiger partial charge in [0.1, 0.15) is 18.0 Å². The van der Waals surface area contributed by atoms with Gasteiger partial charge in [0.25, 0.3) is 0 Å². The first-order valence-corrected chi connectivity index (χ1v) is 10.5. The van der Waals surface area contributed by atoms with Gasteiger partial charge in [-0.25, -0.2) is 27.2 Å². The van der Waals surface area contributed by atoms with Crippen molar-refractivity contribution in [3.63, 3.8) is 0 Å². The summed E-state index contributed by atoms with van der Waals surface area (Å²) < 4.78 is 58.2. The Morgan fingerprint density at radius 2 is 1.90 bits per heavy atom. The van der Waals surface area contributed by atoms with E-state index in [2.05, 4.69) is 5.32 Å². The van der Waals surface area contributed by atoms with Crippen LogP contribution in [0.15, 0.2) is 12.1 Å². The van der Waals surface area contributed by atoms with E-state index in [1.165, 1.54) is 6.92 Å². The van der Waals surface area contributed by atoms with E-state index < -0.39 is 53.0 Å². The van der Waals surface area contributed by atoms with Gasteiger partial charge >= 0.3 is 12.1 Å². The van der Waals surface area contributed by atoms with E-state index in [0.717, 1.165) is 16.7 Å². The number of carbonyl (C=O) groups excluding carboxylic acids is 2. The standard InChI is InChI=1S/C19H22F4N2O5S/c1-10(20)4-6-30-19(29)24-15(16(26)25-5-7-31-17(25)18(27)28)3-2-11-8-13(22)14(23)9-12(11)21/h8-10,15,17H,2-7H2,1H3,(H,24,29)(H,27,28). The van der Waals surface area contributed by atoms with Gasteiger partial charge in [0.15, 0.2) is 17.0 Å². The highest BCUT2D eigenvalue weighted by Gasteiger charge is 2.38. The lowest BCUT2D eigenvalue weighted by molar-refractivity contribution is -0.146.